The number of hydrogen-bond acceptors (Lipinski definition) is 3. The van der Waals surface area contributed by atoms with Crippen LogP contribution >= 0.6 is 0 Å². The van der Waals surface area contributed by atoms with E-state index in [0.717, 1.165) is 38.5 Å². The highest BCUT2D eigenvalue weighted by Crippen LogP contribution is 2.47. The summed E-state index contributed by atoms with van der Waals surface area (Å²) in [5, 5.41) is 0. The maximum atomic E-state index is 13.4. The quantitative estimate of drug-likeness (QED) is 0.444. The van der Waals surface area contributed by atoms with E-state index in [1.54, 1.807) is 0 Å². The maximum Gasteiger partial charge on any atom is 0.170 e. The zero-order valence-corrected chi connectivity index (χ0v) is 16.8. The highest BCUT2D eigenvalue weighted by Gasteiger charge is 2.54. The van der Waals surface area contributed by atoms with Gasteiger partial charge in [-0.3, -0.25) is 4.79 Å². The van der Waals surface area contributed by atoms with Crippen molar-refractivity contribution in [1.82, 2.24) is 0 Å². The van der Waals surface area contributed by atoms with Gasteiger partial charge in [0.1, 0.15) is 6.10 Å². The molecule has 0 aliphatic carbocycles. The molecule has 0 heterocycles. The predicted molar refractivity (Wildman–Crippen MR) is 97.9 cm³/mol. The molecule has 0 aliphatic heterocycles. The third-order valence-corrected chi connectivity index (χ3v) is 5.79. The van der Waals surface area contributed by atoms with Crippen LogP contribution in [-0.4, -0.2) is 30.2 Å². The number of rotatable bonds is 13. The molecule has 3 heteroatoms. The van der Waals surface area contributed by atoms with Gasteiger partial charge in [-0.15, -0.1) is 0 Å². The molecule has 0 fully saturated rings. The minimum absolute atomic E-state index is 0.158. The summed E-state index contributed by atoms with van der Waals surface area (Å²) in [6.07, 6.45) is 4.95. The van der Waals surface area contributed by atoms with E-state index in [9.17, 15) is 4.79 Å². The first-order chi connectivity index (χ1) is 10.9. The summed E-state index contributed by atoms with van der Waals surface area (Å²) in [7, 11) is 0. The molecule has 0 aromatic rings. The maximum absolute atomic E-state index is 13.4. The summed E-state index contributed by atoms with van der Waals surface area (Å²) in [6.45, 7) is 17.3. The van der Waals surface area contributed by atoms with Crippen molar-refractivity contribution in [2.24, 2.45) is 5.41 Å². The number of Topliss-reactive ketones (excluding diaryl/α,β-unsaturated/α-hetero) is 1. The van der Waals surface area contributed by atoms with Crippen molar-refractivity contribution >= 4 is 5.78 Å². The normalized spacial score (nSPS) is 14.3. The lowest BCUT2D eigenvalue weighted by Crippen LogP contribution is -2.57. The molecule has 0 aromatic heterocycles. The molecule has 0 radical (unpaired) electrons. The first-order valence-corrected chi connectivity index (χ1v) is 9.71. The highest BCUT2D eigenvalue weighted by molar-refractivity contribution is 5.90. The summed E-state index contributed by atoms with van der Waals surface area (Å²) < 4.78 is 12.3. The molecule has 0 aromatic carbocycles. The Balaban J connectivity index is 5.68. The van der Waals surface area contributed by atoms with Gasteiger partial charge in [0.2, 0.25) is 0 Å². The molecule has 3 nitrogen and oxygen atoms in total. The Morgan fingerprint density at radius 2 is 1.35 bits per heavy atom. The minimum atomic E-state index is -0.474. The molecule has 0 bridgehead atoms. The summed E-state index contributed by atoms with van der Waals surface area (Å²) in [4.78, 5) is 13.4. The van der Waals surface area contributed by atoms with Gasteiger partial charge in [0.05, 0.1) is 17.1 Å². The average Bonchev–Trinajstić information content (AvgIpc) is 2.59. The largest absolute Gasteiger partial charge is 0.374 e. The number of ether oxygens (including phenoxy) is 2. The molecule has 0 spiro atoms. The van der Waals surface area contributed by atoms with Gasteiger partial charge in [0.25, 0.3) is 0 Å². The first-order valence-electron chi connectivity index (χ1n) is 9.71. The van der Waals surface area contributed by atoms with Gasteiger partial charge >= 0.3 is 0 Å². The second-order valence-corrected chi connectivity index (χ2v) is 6.50. The predicted octanol–water partition coefficient (Wildman–Crippen LogP) is 5.55. The van der Waals surface area contributed by atoms with Gasteiger partial charge in [-0.1, -0.05) is 41.5 Å². The Morgan fingerprint density at radius 3 is 1.65 bits per heavy atom. The Kier molecular flexibility index (Phi) is 10.3. The van der Waals surface area contributed by atoms with Crippen molar-refractivity contribution in [3.8, 4) is 0 Å². The van der Waals surface area contributed by atoms with Crippen molar-refractivity contribution in [2.45, 2.75) is 112 Å². The van der Waals surface area contributed by atoms with Crippen LogP contribution in [0.1, 0.15) is 93.9 Å². The van der Waals surface area contributed by atoms with Gasteiger partial charge in [0, 0.05) is 6.61 Å². The summed E-state index contributed by atoms with van der Waals surface area (Å²) in [6, 6.07) is 0. The van der Waals surface area contributed by atoms with Crippen LogP contribution in [0.4, 0.5) is 0 Å². The van der Waals surface area contributed by atoms with Crippen molar-refractivity contribution < 1.29 is 14.3 Å². The van der Waals surface area contributed by atoms with Gasteiger partial charge in [-0.2, -0.15) is 0 Å². The second kappa shape index (κ2) is 10.5. The smallest absolute Gasteiger partial charge is 0.170 e. The van der Waals surface area contributed by atoms with E-state index in [1.165, 1.54) is 0 Å². The van der Waals surface area contributed by atoms with Gasteiger partial charge < -0.3 is 9.47 Å². The molecule has 0 aliphatic rings. The average molecular weight is 329 g/mol. The van der Waals surface area contributed by atoms with E-state index in [0.29, 0.717) is 6.61 Å². The fraction of sp³-hybridized carbons (Fsp3) is 0.950. The van der Waals surface area contributed by atoms with E-state index >= 15 is 0 Å². The zero-order chi connectivity index (χ0) is 18.1. The van der Waals surface area contributed by atoms with Crippen LogP contribution in [0, 0.1) is 5.41 Å². The van der Waals surface area contributed by atoms with E-state index in [1.807, 2.05) is 13.8 Å². The van der Waals surface area contributed by atoms with E-state index in [4.69, 9.17) is 9.47 Å². The van der Waals surface area contributed by atoms with Crippen LogP contribution in [0.3, 0.4) is 0 Å². The molecule has 0 N–H and O–H groups in total. The lowest BCUT2D eigenvalue weighted by atomic mass is 9.61. The summed E-state index contributed by atoms with van der Waals surface area (Å²) >= 11 is 0. The fourth-order valence-electron chi connectivity index (χ4n) is 4.23. The summed E-state index contributed by atoms with van der Waals surface area (Å²) in [5.74, 6) is 0.214. The lowest BCUT2D eigenvalue weighted by molar-refractivity contribution is -0.178. The summed E-state index contributed by atoms with van der Waals surface area (Å²) in [5.41, 5.74) is -0.869. The molecule has 1 atom stereocenters. The third-order valence-electron chi connectivity index (χ3n) is 5.79. The topological polar surface area (TPSA) is 35.5 Å². The van der Waals surface area contributed by atoms with E-state index < -0.39 is 11.0 Å². The molecular weight excluding hydrogens is 288 g/mol. The molecule has 0 saturated heterocycles. The van der Waals surface area contributed by atoms with Crippen LogP contribution in [0.2, 0.25) is 0 Å². The standard InChI is InChI=1S/C20H40O3/c1-9-17(10-2)23-16(8)18(21)19(11-3,12-4)20(13-5,14-6)22-15-7/h16-17H,9-15H2,1-8H3. The van der Waals surface area contributed by atoms with E-state index in [-0.39, 0.29) is 18.0 Å². The number of carbonyl (C=O) groups excluding carboxylic acids is 1. The van der Waals surface area contributed by atoms with Crippen molar-refractivity contribution in [3.63, 3.8) is 0 Å². The first kappa shape index (κ1) is 22.6. The lowest BCUT2D eigenvalue weighted by Gasteiger charge is -2.49. The molecular formula is C20H40O3. The molecule has 1 unspecified atom stereocenters. The molecule has 0 saturated carbocycles. The van der Waals surface area contributed by atoms with Crippen LogP contribution in [0.25, 0.3) is 0 Å². The van der Waals surface area contributed by atoms with Gasteiger partial charge in [0.15, 0.2) is 5.78 Å². The van der Waals surface area contributed by atoms with Crippen molar-refractivity contribution in [1.29, 1.82) is 0 Å². The van der Waals surface area contributed by atoms with Crippen LogP contribution in [0.5, 0.6) is 0 Å². The molecule has 23 heavy (non-hydrogen) atoms. The highest BCUT2D eigenvalue weighted by atomic mass is 16.5. The van der Waals surface area contributed by atoms with Crippen LogP contribution in [0.15, 0.2) is 0 Å². The molecule has 0 rings (SSSR count). The van der Waals surface area contributed by atoms with Crippen molar-refractivity contribution in [3.05, 3.63) is 0 Å². The number of hydrogen-bond donors (Lipinski definition) is 0. The fourth-order valence-corrected chi connectivity index (χ4v) is 4.23. The Labute approximate surface area is 144 Å². The van der Waals surface area contributed by atoms with Crippen LogP contribution < -0.4 is 0 Å². The Morgan fingerprint density at radius 1 is 0.870 bits per heavy atom. The zero-order valence-electron chi connectivity index (χ0n) is 16.8. The Hall–Kier alpha value is -0.410. The SMILES string of the molecule is CCOC(CC)(CC)C(CC)(CC)C(=O)C(C)OC(CC)CC. The molecule has 0 amide bonds. The van der Waals surface area contributed by atoms with Gasteiger partial charge in [-0.05, 0) is 52.4 Å². The van der Waals surface area contributed by atoms with Gasteiger partial charge in [-0.25, -0.2) is 0 Å². The number of ketones is 1. The van der Waals surface area contributed by atoms with Crippen LogP contribution in [-0.2, 0) is 14.3 Å². The van der Waals surface area contributed by atoms with Crippen molar-refractivity contribution in [2.75, 3.05) is 6.61 Å². The Bertz CT molecular complexity index is 326. The molecule has 138 valence electrons. The third kappa shape index (κ3) is 4.57. The minimum Gasteiger partial charge on any atom is -0.374 e. The monoisotopic (exact) mass is 328 g/mol. The number of carbonyl (C=O) groups is 1. The van der Waals surface area contributed by atoms with E-state index in [2.05, 4.69) is 41.5 Å². The second-order valence-electron chi connectivity index (χ2n) is 6.50.